The Hall–Kier alpha value is -2.26. The summed E-state index contributed by atoms with van der Waals surface area (Å²) in [6.07, 6.45) is 8.60. The molecule has 1 spiro atoms. The summed E-state index contributed by atoms with van der Waals surface area (Å²) < 4.78 is 13.8. The number of Topliss-reactive ketones (excluding diaryl/α,β-unsaturated/α-hetero) is 1. The van der Waals surface area contributed by atoms with E-state index in [0.29, 0.717) is 18.1 Å². The van der Waals surface area contributed by atoms with E-state index in [0.717, 1.165) is 54.5 Å². The number of rotatable bonds is 5. The van der Waals surface area contributed by atoms with Crippen LogP contribution in [0.25, 0.3) is 10.9 Å². The van der Waals surface area contributed by atoms with Crippen molar-refractivity contribution in [2.45, 2.75) is 50.9 Å². The highest BCUT2D eigenvalue weighted by molar-refractivity contribution is 6.30. The van der Waals surface area contributed by atoms with Crippen LogP contribution in [0.2, 0.25) is 5.02 Å². The first-order valence-corrected chi connectivity index (χ1v) is 11.2. The zero-order valence-electron chi connectivity index (χ0n) is 16.9. The number of ketones is 1. The van der Waals surface area contributed by atoms with E-state index < -0.39 is 0 Å². The van der Waals surface area contributed by atoms with Gasteiger partial charge in [0.2, 0.25) is 0 Å². The molecule has 2 aromatic carbocycles. The predicted molar refractivity (Wildman–Crippen MR) is 118 cm³/mol. The van der Waals surface area contributed by atoms with Gasteiger partial charge in [0.05, 0.1) is 5.52 Å². The Balaban J connectivity index is 1.21. The molecule has 2 aliphatic carbocycles. The predicted octanol–water partition coefficient (Wildman–Crippen LogP) is 6.89. The molecule has 2 fully saturated rings. The van der Waals surface area contributed by atoms with Crippen molar-refractivity contribution in [2.75, 3.05) is 0 Å². The normalized spacial score (nSPS) is 25.5. The standard InChI is InChI=1S/C26H25ClFNO/c27-19-4-1-17(2-5-19)3-8-25(30)23-16-26(23)12-9-18(10-13-26)21-11-14-29-24-7-6-20(28)15-22(21)24/h1-2,4-7,11,14-15,18,23H,3,8-10,12-13,16H2/t18?,23-,26?/m1/s1. The number of benzene rings is 2. The Morgan fingerprint density at radius 1 is 1.10 bits per heavy atom. The van der Waals surface area contributed by atoms with Crippen LogP contribution in [-0.2, 0) is 11.2 Å². The van der Waals surface area contributed by atoms with Gasteiger partial charge in [0.15, 0.2) is 0 Å². The third-order valence-electron chi connectivity index (χ3n) is 7.31. The summed E-state index contributed by atoms with van der Waals surface area (Å²) in [6.45, 7) is 0. The first kappa shape index (κ1) is 19.7. The van der Waals surface area contributed by atoms with Gasteiger partial charge in [-0.2, -0.15) is 0 Å². The largest absolute Gasteiger partial charge is 0.299 e. The molecule has 0 saturated heterocycles. The molecule has 30 heavy (non-hydrogen) atoms. The van der Waals surface area contributed by atoms with Crippen molar-refractivity contribution in [3.63, 3.8) is 0 Å². The maximum absolute atomic E-state index is 13.8. The molecule has 0 radical (unpaired) electrons. The third kappa shape index (κ3) is 3.76. The summed E-state index contributed by atoms with van der Waals surface area (Å²) in [4.78, 5) is 17.2. The van der Waals surface area contributed by atoms with Crippen LogP contribution < -0.4 is 0 Å². The molecule has 0 amide bonds. The number of carbonyl (C=O) groups excluding carboxylic acids is 1. The zero-order valence-corrected chi connectivity index (χ0v) is 17.7. The number of aryl methyl sites for hydroxylation is 1. The third-order valence-corrected chi connectivity index (χ3v) is 7.56. The maximum Gasteiger partial charge on any atom is 0.136 e. The molecule has 0 bridgehead atoms. The van der Waals surface area contributed by atoms with Gasteiger partial charge in [-0.25, -0.2) is 4.39 Å². The average Bonchev–Trinajstić information content (AvgIpc) is 3.46. The summed E-state index contributed by atoms with van der Waals surface area (Å²) in [5, 5.41) is 1.66. The average molecular weight is 422 g/mol. The van der Waals surface area contributed by atoms with Gasteiger partial charge in [-0.3, -0.25) is 9.78 Å². The summed E-state index contributed by atoms with van der Waals surface area (Å²) in [6, 6.07) is 14.7. The molecule has 0 N–H and O–H groups in total. The van der Waals surface area contributed by atoms with E-state index in [2.05, 4.69) is 4.98 Å². The molecule has 1 atom stereocenters. The number of pyridine rings is 1. The Morgan fingerprint density at radius 3 is 2.63 bits per heavy atom. The van der Waals surface area contributed by atoms with Gasteiger partial charge < -0.3 is 0 Å². The molecule has 2 aliphatic rings. The van der Waals surface area contributed by atoms with E-state index >= 15 is 0 Å². The summed E-state index contributed by atoms with van der Waals surface area (Å²) in [7, 11) is 0. The molecule has 0 unspecified atom stereocenters. The van der Waals surface area contributed by atoms with Crippen LogP contribution >= 0.6 is 11.6 Å². The van der Waals surface area contributed by atoms with E-state index in [4.69, 9.17) is 11.6 Å². The molecule has 4 heteroatoms. The van der Waals surface area contributed by atoms with E-state index in [1.165, 1.54) is 17.2 Å². The van der Waals surface area contributed by atoms with Crippen LogP contribution in [0.1, 0.15) is 55.6 Å². The van der Waals surface area contributed by atoms with Gasteiger partial charge in [-0.1, -0.05) is 23.7 Å². The van der Waals surface area contributed by atoms with Gasteiger partial charge in [0.1, 0.15) is 11.6 Å². The van der Waals surface area contributed by atoms with Crippen LogP contribution in [0.15, 0.2) is 54.7 Å². The summed E-state index contributed by atoms with van der Waals surface area (Å²) in [5.74, 6) is 0.864. The highest BCUT2D eigenvalue weighted by atomic mass is 35.5. The quantitative estimate of drug-likeness (QED) is 0.448. The second kappa shape index (κ2) is 7.77. The smallest absolute Gasteiger partial charge is 0.136 e. The molecule has 2 saturated carbocycles. The van der Waals surface area contributed by atoms with Crippen molar-refractivity contribution in [3.8, 4) is 0 Å². The van der Waals surface area contributed by atoms with Crippen molar-refractivity contribution < 1.29 is 9.18 Å². The van der Waals surface area contributed by atoms with E-state index in [1.807, 2.05) is 36.5 Å². The number of nitrogens with zero attached hydrogens (tertiary/aromatic N) is 1. The number of hydrogen-bond donors (Lipinski definition) is 0. The summed E-state index contributed by atoms with van der Waals surface area (Å²) in [5.41, 5.74) is 3.46. The maximum atomic E-state index is 13.8. The van der Waals surface area contributed by atoms with Gasteiger partial charge in [0.25, 0.3) is 0 Å². The minimum atomic E-state index is -0.211. The number of carbonyl (C=O) groups is 1. The Morgan fingerprint density at radius 2 is 1.87 bits per heavy atom. The van der Waals surface area contributed by atoms with Crippen LogP contribution in [0.5, 0.6) is 0 Å². The first-order chi connectivity index (χ1) is 14.5. The highest BCUT2D eigenvalue weighted by Crippen LogP contribution is 2.63. The molecule has 1 aromatic heterocycles. The number of hydrogen-bond acceptors (Lipinski definition) is 2. The topological polar surface area (TPSA) is 30.0 Å². The van der Waals surface area contributed by atoms with Crippen LogP contribution in [0.4, 0.5) is 4.39 Å². The van der Waals surface area contributed by atoms with E-state index in [-0.39, 0.29) is 17.2 Å². The zero-order chi connectivity index (χ0) is 20.7. The molecule has 154 valence electrons. The van der Waals surface area contributed by atoms with Crippen LogP contribution in [-0.4, -0.2) is 10.8 Å². The molecule has 0 aliphatic heterocycles. The minimum absolute atomic E-state index is 0.211. The van der Waals surface area contributed by atoms with E-state index in [9.17, 15) is 9.18 Å². The second-order valence-electron chi connectivity index (χ2n) is 9.05. The number of aromatic nitrogens is 1. The molecule has 2 nitrogen and oxygen atoms in total. The number of halogens is 2. The second-order valence-corrected chi connectivity index (χ2v) is 9.48. The minimum Gasteiger partial charge on any atom is -0.299 e. The van der Waals surface area contributed by atoms with Gasteiger partial charge >= 0.3 is 0 Å². The van der Waals surface area contributed by atoms with Crippen molar-refractivity contribution in [3.05, 3.63) is 76.7 Å². The lowest BCUT2D eigenvalue weighted by atomic mass is 9.74. The van der Waals surface area contributed by atoms with Gasteiger partial charge in [-0.05, 0) is 97.4 Å². The monoisotopic (exact) mass is 421 g/mol. The fraction of sp³-hybridized carbons (Fsp3) is 0.385. The molecule has 1 heterocycles. The van der Waals surface area contributed by atoms with Crippen LogP contribution in [0, 0.1) is 17.2 Å². The van der Waals surface area contributed by atoms with E-state index in [1.54, 1.807) is 12.1 Å². The molecular formula is C26H25ClFNO. The fourth-order valence-electron chi connectivity index (χ4n) is 5.45. The molecule has 3 aromatic rings. The number of fused-ring (bicyclic) bond motifs is 1. The molecular weight excluding hydrogens is 397 g/mol. The SMILES string of the molecule is O=C(CCc1ccc(Cl)cc1)[C@H]1CC12CCC(c1ccnc3ccc(F)cc13)CC2. The Bertz CT molecular complexity index is 1090. The van der Waals surface area contributed by atoms with Crippen molar-refractivity contribution >= 4 is 28.3 Å². The van der Waals surface area contributed by atoms with Crippen molar-refractivity contribution in [2.24, 2.45) is 11.3 Å². The lowest BCUT2D eigenvalue weighted by Gasteiger charge is -2.30. The van der Waals surface area contributed by atoms with Crippen molar-refractivity contribution in [1.82, 2.24) is 4.98 Å². The first-order valence-electron chi connectivity index (χ1n) is 10.9. The lowest BCUT2D eigenvalue weighted by Crippen LogP contribution is -2.19. The lowest BCUT2D eigenvalue weighted by molar-refractivity contribution is -0.121. The van der Waals surface area contributed by atoms with Crippen LogP contribution in [0.3, 0.4) is 0 Å². The molecule has 5 rings (SSSR count). The van der Waals surface area contributed by atoms with Gasteiger partial charge in [-0.15, -0.1) is 0 Å². The fourth-order valence-corrected chi connectivity index (χ4v) is 5.57. The Kier molecular flexibility index (Phi) is 5.10. The summed E-state index contributed by atoms with van der Waals surface area (Å²) >= 11 is 5.94. The highest BCUT2D eigenvalue weighted by Gasteiger charge is 2.57. The Labute approximate surface area is 181 Å². The van der Waals surface area contributed by atoms with Gasteiger partial charge in [0, 0.05) is 28.9 Å². The van der Waals surface area contributed by atoms with Crippen molar-refractivity contribution in [1.29, 1.82) is 0 Å².